The van der Waals surface area contributed by atoms with Gasteiger partial charge in [0.05, 0.1) is 7.11 Å². The van der Waals surface area contributed by atoms with E-state index in [1.165, 1.54) is 0 Å². The van der Waals surface area contributed by atoms with Crippen molar-refractivity contribution in [3.63, 3.8) is 0 Å². The Kier molecular flexibility index (Phi) is 4.95. The van der Waals surface area contributed by atoms with Crippen LogP contribution in [0, 0.1) is 0 Å². The molecule has 102 valence electrons. The lowest BCUT2D eigenvalue weighted by Gasteiger charge is -2.03. The van der Waals surface area contributed by atoms with Crippen molar-refractivity contribution in [2.24, 2.45) is 0 Å². The maximum atomic E-state index is 10.7. The molecule has 0 radical (unpaired) electrons. The first kappa shape index (κ1) is 13.9. The monoisotopic (exact) mass is 267 g/mol. The van der Waals surface area contributed by atoms with Gasteiger partial charge in [-0.05, 0) is 29.8 Å². The van der Waals surface area contributed by atoms with E-state index >= 15 is 0 Å². The number of hydrogen-bond donors (Lipinski definition) is 1. The van der Waals surface area contributed by atoms with Crippen molar-refractivity contribution >= 4 is 18.0 Å². The fourth-order valence-electron chi connectivity index (χ4n) is 1.84. The van der Waals surface area contributed by atoms with Crippen molar-refractivity contribution in [3.05, 3.63) is 65.7 Å². The van der Waals surface area contributed by atoms with Gasteiger partial charge in [0.25, 0.3) is 0 Å². The zero-order chi connectivity index (χ0) is 14.2. The van der Waals surface area contributed by atoms with Crippen molar-refractivity contribution in [2.45, 2.75) is 0 Å². The van der Waals surface area contributed by atoms with Gasteiger partial charge in [-0.2, -0.15) is 0 Å². The highest BCUT2D eigenvalue weighted by Gasteiger charge is 1.93. The number of methoxy groups -OCH3 is 1. The van der Waals surface area contributed by atoms with E-state index in [-0.39, 0.29) is 0 Å². The zero-order valence-electron chi connectivity index (χ0n) is 11.4. The number of aldehydes is 1. The Morgan fingerprint density at radius 2 is 1.90 bits per heavy atom. The lowest BCUT2D eigenvalue weighted by atomic mass is 10.2. The standard InChI is InChI=1S/C17H17NO2/c1-20-17-9-3-5-14(12-17)7-4-10-18-16-8-2-6-15(11-16)13-19/h2-9,11-13,18H,10H2,1H3/b7-4+. The average Bonchev–Trinajstić information content (AvgIpc) is 2.52. The molecule has 0 bridgehead atoms. The molecule has 2 aromatic rings. The molecular formula is C17H17NO2. The maximum Gasteiger partial charge on any atom is 0.150 e. The van der Waals surface area contributed by atoms with Gasteiger partial charge in [-0.1, -0.05) is 36.4 Å². The van der Waals surface area contributed by atoms with E-state index in [0.717, 1.165) is 23.3 Å². The van der Waals surface area contributed by atoms with Crippen LogP contribution in [0.2, 0.25) is 0 Å². The third-order valence-corrected chi connectivity index (χ3v) is 2.85. The lowest BCUT2D eigenvalue weighted by Crippen LogP contribution is -1.98. The van der Waals surface area contributed by atoms with E-state index in [0.29, 0.717) is 12.1 Å². The summed E-state index contributed by atoms with van der Waals surface area (Å²) in [6.07, 6.45) is 4.90. The van der Waals surface area contributed by atoms with Crippen LogP contribution in [-0.2, 0) is 0 Å². The third kappa shape index (κ3) is 3.99. The first-order chi connectivity index (χ1) is 9.81. The van der Waals surface area contributed by atoms with Crippen LogP contribution in [0.15, 0.2) is 54.6 Å². The molecule has 2 aromatic carbocycles. The summed E-state index contributed by atoms with van der Waals surface area (Å²) in [5.74, 6) is 0.846. The molecule has 0 spiro atoms. The fraction of sp³-hybridized carbons (Fsp3) is 0.118. The molecule has 0 fully saturated rings. The zero-order valence-corrected chi connectivity index (χ0v) is 11.4. The van der Waals surface area contributed by atoms with E-state index in [1.807, 2.05) is 54.6 Å². The molecule has 0 aromatic heterocycles. The van der Waals surface area contributed by atoms with E-state index in [9.17, 15) is 4.79 Å². The smallest absolute Gasteiger partial charge is 0.150 e. The normalized spacial score (nSPS) is 10.4. The SMILES string of the molecule is COc1cccc(/C=C/CNc2cccc(C=O)c2)c1. The topological polar surface area (TPSA) is 38.3 Å². The van der Waals surface area contributed by atoms with Crippen LogP contribution in [0.5, 0.6) is 5.75 Å². The van der Waals surface area contributed by atoms with Crippen molar-refractivity contribution in [2.75, 3.05) is 19.0 Å². The van der Waals surface area contributed by atoms with Gasteiger partial charge < -0.3 is 10.1 Å². The number of rotatable bonds is 6. The van der Waals surface area contributed by atoms with Crippen molar-refractivity contribution in [1.29, 1.82) is 0 Å². The van der Waals surface area contributed by atoms with Gasteiger partial charge >= 0.3 is 0 Å². The van der Waals surface area contributed by atoms with Gasteiger partial charge in [-0.25, -0.2) is 0 Å². The molecular weight excluding hydrogens is 250 g/mol. The quantitative estimate of drug-likeness (QED) is 0.812. The summed E-state index contributed by atoms with van der Waals surface area (Å²) in [4.78, 5) is 10.7. The Bertz CT molecular complexity index is 605. The van der Waals surface area contributed by atoms with Crippen LogP contribution in [0.1, 0.15) is 15.9 Å². The highest BCUT2D eigenvalue weighted by molar-refractivity contribution is 5.76. The minimum atomic E-state index is 0.673. The maximum absolute atomic E-state index is 10.7. The van der Waals surface area contributed by atoms with Gasteiger partial charge in [0.1, 0.15) is 12.0 Å². The second-order valence-electron chi connectivity index (χ2n) is 4.30. The van der Waals surface area contributed by atoms with Crippen LogP contribution in [-0.4, -0.2) is 19.9 Å². The number of benzene rings is 2. The van der Waals surface area contributed by atoms with Crippen molar-refractivity contribution in [1.82, 2.24) is 0 Å². The molecule has 0 saturated carbocycles. The van der Waals surface area contributed by atoms with E-state index in [4.69, 9.17) is 4.74 Å². The highest BCUT2D eigenvalue weighted by Crippen LogP contribution is 2.14. The van der Waals surface area contributed by atoms with Gasteiger partial charge in [-0.3, -0.25) is 4.79 Å². The van der Waals surface area contributed by atoms with E-state index in [2.05, 4.69) is 5.32 Å². The molecule has 0 saturated heterocycles. The number of anilines is 1. The first-order valence-corrected chi connectivity index (χ1v) is 6.41. The van der Waals surface area contributed by atoms with Crippen molar-refractivity contribution in [3.8, 4) is 5.75 Å². The summed E-state index contributed by atoms with van der Waals surface area (Å²) in [6, 6.07) is 15.3. The molecule has 0 aliphatic carbocycles. The molecule has 20 heavy (non-hydrogen) atoms. The molecule has 0 unspecified atom stereocenters. The lowest BCUT2D eigenvalue weighted by molar-refractivity contribution is 0.112. The molecule has 0 amide bonds. The largest absolute Gasteiger partial charge is 0.497 e. The minimum Gasteiger partial charge on any atom is -0.497 e. The van der Waals surface area contributed by atoms with E-state index in [1.54, 1.807) is 13.2 Å². The van der Waals surface area contributed by atoms with Crippen LogP contribution >= 0.6 is 0 Å². The number of ether oxygens (including phenoxy) is 1. The van der Waals surface area contributed by atoms with E-state index < -0.39 is 0 Å². The van der Waals surface area contributed by atoms with Gasteiger partial charge in [0.2, 0.25) is 0 Å². The Morgan fingerprint density at radius 3 is 2.70 bits per heavy atom. The summed E-state index contributed by atoms with van der Waals surface area (Å²) < 4.78 is 5.17. The number of carbonyl (C=O) groups excluding carboxylic acids is 1. The average molecular weight is 267 g/mol. The third-order valence-electron chi connectivity index (χ3n) is 2.85. The minimum absolute atomic E-state index is 0.673. The number of hydrogen-bond acceptors (Lipinski definition) is 3. The fourth-order valence-corrected chi connectivity index (χ4v) is 1.84. The highest BCUT2D eigenvalue weighted by atomic mass is 16.5. The molecule has 1 N–H and O–H groups in total. The second-order valence-corrected chi connectivity index (χ2v) is 4.30. The summed E-state index contributed by atoms with van der Waals surface area (Å²) in [5, 5.41) is 3.24. The van der Waals surface area contributed by atoms with Gasteiger partial charge in [0.15, 0.2) is 0 Å². The predicted molar refractivity (Wildman–Crippen MR) is 82.3 cm³/mol. The Morgan fingerprint density at radius 1 is 1.10 bits per heavy atom. The van der Waals surface area contributed by atoms with Crippen LogP contribution in [0.3, 0.4) is 0 Å². The van der Waals surface area contributed by atoms with Gasteiger partial charge in [0, 0.05) is 17.8 Å². The van der Waals surface area contributed by atoms with Crippen LogP contribution in [0.4, 0.5) is 5.69 Å². The Labute approximate surface area is 118 Å². The van der Waals surface area contributed by atoms with Crippen molar-refractivity contribution < 1.29 is 9.53 Å². The summed E-state index contributed by atoms with van der Waals surface area (Å²) in [5.41, 5.74) is 2.70. The summed E-state index contributed by atoms with van der Waals surface area (Å²) >= 11 is 0. The molecule has 0 aliphatic heterocycles. The first-order valence-electron chi connectivity index (χ1n) is 6.41. The Hall–Kier alpha value is -2.55. The van der Waals surface area contributed by atoms with Crippen LogP contribution < -0.4 is 10.1 Å². The molecule has 2 rings (SSSR count). The summed E-state index contributed by atoms with van der Waals surface area (Å²) in [7, 11) is 1.66. The molecule has 3 heteroatoms. The number of nitrogens with one attached hydrogen (secondary N) is 1. The second kappa shape index (κ2) is 7.14. The Balaban J connectivity index is 1.91. The van der Waals surface area contributed by atoms with Gasteiger partial charge in [-0.15, -0.1) is 0 Å². The molecule has 0 atom stereocenters. The number of carbonyl (C=O) groups is 1. The van der Waals surface area contributed by atoms with Crippen LogP contribution in [0.25, 0.3) is 6.08 Å². The summed E-state index contributed by atoms with van der Waals surface area (Å²) in [6.45, 7) is 0.694. The predicted octanol–water partition coefficient (Wildman–Crippen LogP) is 3.63. The molecule has 3 nitrogen and oxygen atoms in total. The molecule has 0 aliphatic rings. The molecule has 0 heterocycles.